The molecule has 1 aliphatic heterocycles. The number of benzene rings is 3. The molecule has 1 aliphatic rings. The molecule has 36 heavy (non-hydrogen) atoms. The van der Waals surface area contributed by atoms with E-state index in [0.717, 1.165) is 14.7 Å². The van der Waals surface area contributed by atoms with Crippen LogP contribution in [0.4, 0.5) is 5.69 Å². The molecule has 0 saturated heterocycles. The normalized spacial score (nSPS) is 12.5. The highest BCUT2D eigenvalue weighted by atomic mass is 32.2. The van der Waals surface area contributed by atoms with E-state index in [2.05, 4.69) is 0 Å². The molecule has 2 amide bonds. The first-order valence-electron chi connectivity index (χ1n) is 11.0. The average molecular weight is 514 g/mol. The Balaban J connectivity index is 1.29. The van der Waals surface area contributed by atoms with Gasteiger partial charge in [-0.15, -0.1) is 11.3 Å². The number of thiophene rings is 1. The van der Waals surface area contributed by atoms with Gasteiger partial charge in [0.15, 0.2) is 6.61 Å². The number of amides is 2. The lowest BCUT2D eigenvalue weighted by Crippen LogP contribution is -2.29. The van der Waals surface area contributed by atoms with Gasteiger partial charge in [0.2, 0.25) is 5.78 Å². The second-order valence-electron chi connectivity index (χ2n) is 8.09. The van der Waals surface area contributed by atoms with Crippen LogP contribution < -0.4 is 4.90 Å². The molecule has 0 atom stereocenters. The fraction of sp³-hybridized carbons (Fsp3) is 0.0714. The van der Waals surface area contributed by atoms with Gasteiger partial charge in [0, 0.05) is 9.79 Å². The van der Waals surface area contributed by atoms with E-state index in [-0.39, 0.29) is 22.5 Å². The third kappa shape index (κ3) is 4.73. The van der Waals surface area contributed by atoms with Crippen molar-refractivity contribution in [3.63, 3.8) is 0 Å². The summed E-state index contributed by atoms with van der Waals surface area (Å²) in [5.41, 5.74) is 2.06. The van der Waals surface area contributed by atoms with Crippen molar-refractivity contribution in [3.05, 3.63) is 111 Å². The molecule has 5 rings (SSSR count). The second-order valence-corrected chi connectivity index (χ2v) is 10.2. The minimum absolute atomic E-state index is 0.0978. The number of rotatable bonds is 7. The molecule has 0 N–H and O–H groups in total. The molecule has 8 heteroatoms. The van der Waals surface area contributed by atoms with Crippen LogP contribution in [0, 0.1) is 6.92 Å². The number of imide groups is 1. The highest BCUT2D eigenvalue weighted by Gasteiger charge is 2.37. The van der Waals surface area contributed by atoms with Crippen molar-refractivity contribution in [1.29, 1.82) is 0 Å². The Morgan fingerprint density at radius 1 is 0.861 bits per heavy atom. The highest BCUT2D eigenvalue weighted by Crippen LogP contribution is 2.33. The third-order valence-corrected chi connectivity index (χ3v) is 7.53. The van der Waals surface area contributed by atoms with E-state index in [0.29, 0.717) is 10.6 Å². The first-order valence-corrected chi connectivity index (χ1v) is 12.7. The first kappa shape index (κ1) is 23.7. The number of fused-ring (bicyclic) bond motifs is 1. The minimum atomic E-state index is -0.737. The van der Waals surface area contributed by atoms with Crippen LogP contribution in [0.25, 0.3) is 0 Å². The van der Waals surface area contributed by atoms with Gasteiger partial charge in [-0.1, -0.05) is 35.5 Å². The van der Waals surface area contributed by atoms with Crippen LogP contribution in [-0.4, -0.2) is 30.2 Å². The number of hydrogen-bond donors (Lipinski definition) is 0. The Hall–Kier alpha value is -4.01. The molecule has 178 valence electrons. The van der Waals surface area contributed by atoms with Crippen molar-refractivity contribution in [2.45, 2.75) is 16.7 Å². The van der Waals surface area contributed by atoms with Gasteiger partial charge in [0.25, 0.3) is 11.8 Å². The lowest BCUT2D eigenvalue weighted by atomic mass is 10.1. The predicted octanol–water partition coefficient (Wildman–Crippen LogP) is 6.05. The smallest absolute Gasteiger partial charge is 0.338 e. The van der Waals surface area contributed by atoms with Crippen LogP contribution in [-0.2, 0) is 4.74 Å². The van der Waals surface area contributed by atoms with Crippen LogP contribution >= 0.6 is 23.1 Å². The van der Waals surface area contributed by atoms with Gasteiger partial charge in [-0.2, -0.15) is 0 Å². The molecule has 4 aromatic rings. The average Bonchev–Trinajstić information content (AvgIpc) is 3.52. The lowest BCUT2D eigenvalue weighted by molar-refractivity contribution is 0.0475. The molecule has 0 saturated carbocycles. The van der Waals surface area contributed by atoms with E-state index in [1.807, 2.05) is 43.3 Å². The Morgan fingerprint density at radius 3 is 2.19 bits per heavy atom. The molecule has 2 heterocycles. The molecule has 0 bridgehead atoms. The number of ketones is 1. The van der Waals surface area contributed by atoms with Gasteiger partial charge in [0.1, 0.15) is 0 Å². The summed E-state index contributed by atoms with van der Waals surface area (Å²) in [7, 11) is 0. The fourth-order valence-electron chi connectivity index (χ4n) is 3.73. The molecule has 0 aliphatic carbocycles. The Labute approximate surface area is 215 Å². The largest absolute Gasteiger partial charge is 0.454 e. The van der Waals surface area contributed by atoms with Crippen molar-refractivity contribution < 1.29 is 23.9 Å². The summed E-state index contributed by atoms with van der Waals surface area (Å²) in [6.45, 7) is 1.63. The summed E-state index contributed by atoms with van der Waals surface area (Å²) < 4.78 is 5.12. The Bertz CT molecular complexity index is 1480. The number of ether oxygens (including phenoxy) is 1. The minimum Gasteiger partial charge on any atom is -0.454 e. The Kier molecular flexibility index (Phi) is 6.54. The van der Waals surface area contributed by atoms with E-state index >= 15 is 0 Å². The van der Waals surface area contributed by atoms with E-state index in [9.17, 15) is 19.2 Å². The summed E-state index contributed by atoms with van der Waals surface area (Å²) in [5.74, 6) is -2.01. The van der Waals surface area contributed by atoms with Crippen molar-refractivity contribution in [3.8, 4) is 0 Å². The summed E-state index contributed by atoms with van der Waals surface area (Å²) in [6, 6.07) is 22.9. The van der Waals surface area contributed by atoms with Gasteiger partial charge < -0.3 is 4.74 Å². The van der Waals surface area contributed by atoms with E-state index in [4.69, 9.17) is 4.74 Å². The number of nitrogens with zero attached hydrogens (tertiary/aromatic N) is 1. The maximum atomic E-state index is 13.1. The van der Waals surface area contributed by atoms with E-state index in [1.165, 1.54) is 35.1 Å². The molecule has 0 radical (unpaired) electrons. The molecule has 1 aromatic heterocycles. The van der Waals surface area contributed by atoms with Gasteiger partial charge in [-0.3, -0.25) is 14.4 Å². The standard InChI is InChI=1S/C28H19NO5S2/c1-17-4-9-20(10-5-17)36-21-11-7-19(8-12-21)29-26(31)22-13-6-18(15-23(22)27(29)32)28(33)34-16-24(30)25-3-2-14-35-25/h2-15H,16H2,1H3. The number of hydrogen-bond acceptors (Lipinski definition) is 7. The van der Waals surface area contributed by atoms with Crippen molar-refractivity contribution in [2.75, 3.05) is 11.5 Å². The number of anilines is 1. The monoisotopic (exact) mass is 513 g/mol. The van der Waals surface area contributed by atoms with Crippen LogP contribution in [0.2, 0.25) is 0 Å². The molecule has 0 fully saturated rings. The van der Waals surface area contributed by atoms with Crippen molar-refractivity contribution in [1.82, 2.24) is 0 Å². The van der Waals surface area contributed by atoms with Gasteiger partial charge in [-0.05, 0) is 73.0 Å². The quantitative estimate of drug-likeness (QED) is 0.170. The molecule has 0 spiro atoms. The van der Waals surface area contributed by atoms with Gasteiger partial charge in [-0.25, -0.2) is 9.69 Å². The van der Waals surface area contributed by atoms with Crippen LogP contribution in [0.15, 0.2) is 94.0 Å². The highest BCUT2D eigenvalue weighted by molar-refractivity contribution is 7.99. The summed E-state index contributed by atoms with van der Waals surface area (Å²) in [4.78, 5) is 54.3. The van der Waals surface area contributed by atoms with Crippen LogP contribution in [0.5, 0.6) is 0 Å². The van der Waals surface area contributed by atoms with Gasteiger partial charge >= 0.3 is 5.97 Å². The number of esters is 1. The van der Waals surface area contributed by atoms with E-state index in [1.54, 1.807) is 41.4 Å². The summed E-state index contributed by atoms with van der Waals surface area (Å²) in [5, 5.41) is 1.76. The zero-order valence-electron chi connectivity index (χ0n) is 19.1. The molecule has 3 aromatic carbocycles. The first-order chi connectivity index (χ1) is 17.4. The number of carbonyl (C=O) groups is 4. The van der Waals surface area contributed by atoms with Crippen LogP contribution in [0.3, 0.4) is 0 Å². The second kappa shape index (κ2) is 9.93. The molecule has 0 unspecified atom stereocenters. The lowest BCUT2D eigenvalue weighted by Gasteiger charge is -2.14. The maximum absolute atomic E-state index is 13.1. The maximum Gasteiger partial charge on any atom is 0.338 e. The Morgan fingerprint density at radius 2 is 1.53 bits per heavy atom. The third-order valence-electron chi connectivity index (χ3n) is 5.60. The zero-order chi connectivity index (χ0) is 25.2. The fourth-order valence-corrected chi connectivity index (χ4v) is 5.20. The van der Waals surface area contributed by atoms with E-state index < -0.39 is 24.4 Å². The SMILES string of the molecule is Cc1ccc(Sc2ccc(N3C(=O)c4ccc(C(=O)OCC(=O)c5cccs5)cc4C3=O)cc2)cc1. The summed E-state index contributed by atoms with van der Waals surface area (Å²) in [6.07, 6.45) is 0. The number of aryl methyl sites for hydroxylation is 1. The number of carbonyl (C=O) groups excluding carboxylic acids is 4. The summed E-state index contributed by atoms with van der Waals surface area (Å²) >= 11 is 2.85. The van der Waals surface area contributed by atoms with Crippen LogP contribution in [0.1, 0.15) is 46.3 Å². The molecular weight excluding hydrogens is 494 g/mol. The number of Topliss-reactive ketones (excluding diaryl/α,β-unsaturated/α-hetero) is 1. The van der Waals surface area contributed by atoms with Crippen molar-refractivity contribution in [2.24, 2.45) is 0 Å². The molecular formula is C28H19NO5S2. The van der Waals surface area contributed by atoms with Crippen molar-refractivity contribution >= 4 is 52.4 Å². The predicted molar refractivity (Wildman–Crippen MR) is 138 cm³/mol. The topological polar surface area (TPSA) is 80.8 Å². The van der Waals surface area contributed by atoms with Gasteiger partial charge in [0.05, 0.1) is 27.3 Å². The zero-order valence-corrected chi connectivity index (χ0v) is 20.7. The molecule has 6 nitrogen and oxygen atoms in total.